The molecule has 0 aromatic heterocycles. The number of carbonyl (C=O) groups is 1. The minimum absolute atomic E-state index is 0.0500. The summed E-state index contributed by atoms with van der Waals surface area (Å²) in [5, 5.41) is 5.22. The summed E-state index contributed by atoms with van der Waals surface area (Å²) < 4.78 is 45.2. The molecular weight excluding hydrogens is 427 g/mol. The van der Waals surface area contributed by atoms with E-state index in [4.69, 9.17) is 17.0 Å². The predicted octanol–water partition coefficient (Wildman–Crippen LogP) is 5.22. The predicted molar refractivity (Wildman–Crippen MR) is 119 cm³/mol. The summed E-state index contributed by atoms with van der Waals surface area (Å²) in [6.45, 7) is 5.25. The highest BCUT2D eigenvalue weighted by atomic mass is 32.1. The summed E-state index contributed by atoms with van der Waals surface area (Å²) in [6.07, 6.45) is -2.60. The molecule has 1 aliphatic heterocycles. The van der Waals surface area contributed by atoms with E-state index in [-0.39, 0.29) is 16.9 Å². The first-order valence-electron chi connectivity index (χ1n) is 9.99. The van der Waals surface area contributed by atoms with Crippen molar-refractivity contribution < 1.29 is 22.7 Å². The van der Waals surface area contributed by atoms with Crippen LogP contribution in [0.1, 0.15) is 42.6 Å². The van der Waals surface area contributed by atoms with Crippen LogP contribution in [0.2, 0.25) is 0 Å². The molecule has 0 aliphatic carbocycles. The Morgan fingerprint density at radius 1 is 1.13 bits per heavy atom. The van der Waals surface area contributed by atoms with Crippen LogP contribution >= 0.6 is 12.2 Å². The first kappa shape index (κ1) is 22.9. The molecule has 1 aliphatic rings. The zero-order chi connectivity index (χ0) is 22.6. The summed E-state index contributed by atoms with van der Waals surface area (Å²) in [7, 11) is 0. The zero-order valence-corrected chi connectivity index (χ0v) is 18.1. The maximum atomic E-state index is 13.2. The molecule has 0 atom stereocenters. The Morgan fingerprint density at radius 3 is 2.48 bits per heavy atom. The van der Waals surface area contributed by atoms with Crippen molar-refractivity contribution in [3.63, 3.8) is 0 Å². The zero-order valence-electron chi connectivity index (χ0n) is 17.3. The van der Waals surface area contributed by atoms with Gasteiger partial charge in [0, 0.05) is 18.7 Å². The van der Waals surface area contributed by atoms with Crippen molar-refractivity contribution in [1.29, 1.82) is 0 Å². The SMILES string of the molecule is CC(C)Oc1cccc(C(=O)NC(=S)Nc2cc(C(F)(F)F)ccc2N2CCCC2)c1. The monoisotopic (exact) mass is 451 g/mol. The number of hydrogen-bond donors (Lipinski definition) is 2. The van der Waals surface area contributed by atoms with Gasteiger partial charge in [0.2, 0.25) is 0 Å². The molecule has 1 amide bonds. The first-order chi connectivity index (χ1) is 14.6. The highest BCUT2D eigenvalue weighted by Gasteiger charge is 2.32. The molecule has 0 saturated carbocycles. The number of hydrogen-bond acceptors (Lipinski definition) is 4. The number of alkyl halides is 3. The van der Waals surface area contributed by atoms with Gasteiger partial charge in [0.05, 0.1) is 23.0 Å². The third-order valence-corrected chi connectivity index (χ3v) is 4.92. The van der Waals surface area contributed by atoms with Crippen LogP contribution in [-0.2, 0) is 6.18 Å². The Morgan fingerprint density at radius 2 is 1.84 bits per heavy atom. The lowest BCUT2D eigenvalue weighted by Crippen LogP contribution is -2.34. The number of thiocarbonyl (C=S) groups is 1. The normalized spacial score (nSPS) is 13.9. The second-order valence-electron chi connectivity index (χ2n) is 7.53. The Kier molecular flexibility index (Phi) is 7.04. The van der Waals surface area contributed by atoms with Crippen molar-refractivity contribution >= 4 is 34.6 Å². The van der Waals surface area contributed by atoms with Gasteiger partial charge in [-0.2, -0.15) is 13.2 Å². The van der Waals surface area contributed by atoms with E-state index in [1.54, 1.807) is 24.3 Å². The van der Waals surface area contributed by atoms with Gasteiger partial charge in [-0.05, 0) is 75.3 Å². The van der Waals surface area contributed by atoms with E-state index in [9.17, 15) is 18.0 Å². The summed E-state index contributed by atoms with van der Waals surface area (Å²) in [6, 6.07) is 10.1. The van der Waals surface area contributed by atoms with E-state index in [1.165, 1.54) is 6.07 Å². The highest BCUT2D eigenvalue weighted by molar-refractivity contribution is 7.80. The second-order valence-corrected chi connectivity index (χ2v) is 7.93. The fraction of sp³-hybridized carbons (Fsp3) is 0.364. The van der Waals surface area contributed by atoms with Crippen molar-refractivity contribution in [3.8, 4) is 5.75 Å². The molecule has 3 rings (SSSR count). The molecule has 1 saturated heterocycles. The molecule has 0 bridgehead atoms. The van der Waals surface area contributed by atoms with Gasteiger partial charge in [0.1, 0.15) is 5.75 Å². The molecule has 0 unspecified atom stereocenters. The van der Waals surface area contributed by atoms with E-state index in [0.29, 0.717) is 17.0 Å². The third kappa shape index (κ3) is 6.10. The Labute approximate surface area is 184 Å². The van der Waals surface area contributed by atoms with Gasteiger partial charge in [0.15, 0.2) is 5.11 Å². The molecule has 9 heteroatoms. The number of nitrogens with zero attached hydrogens (tertiary/aromatic N) is 1. The third-order valence-electron chi connectivity index (χ3n) is 4.71. The van der Waals surface area contributed by atoms with Crippen LogP contribution in [0.4, 0.5) is 24.5 Å². The molecule has 1 heterocycles. The first-order valence-corrected chi connectivity index (χ1v) is 10.4. The summed E-state index contributed by atoms with van der Waals surface area (Å²) in [5.41, 5.74) is 0.366. The molecule has 2 N–H and O–H groups in total. The van der Waals surface area contributed by atoms with Crippen LogP contribution in [0, 0.1) is 0 Å². The Bertz CT molecular complexity index is 957. The van der Waals surface area contributed by atoms with Crippen molar-refractivity contribution in [2.24, 2.45) is 0 Å². The quantitative estimate of drug-likeness (QED) is 0.611. The van der Waals surface area contributed by atoms with E-state index < -0.39 is 17.6 Å². The second kappa shape index (κ2) is 9.55. The van der Waals surface area contributed by atoms with Crippen LogP contribution in [0.3, 0.4) is 0 Å². The number of halogens is 3. The number of benzene rings is 2. The molecule has 0 radical (unpaired) electrons. The maximum Gasteiger partial charge on any atom is 0.416 e. The van der Waals surface area contributed by atoms with Gasteiger partial charge in [-0.1, -0.05) is 6.07 Å². The van der Waals surface area contributed by atoms with Crippen LogP contribution in [-0.4, -0.2) is 30.2 Å². The standard InChI is InChI=1S/C22H24F3N3O2S/c1-14(2)30-17-7-5-6-15(12-17)20(29)27-21(31)26-18-13-16(22(23,24)25)8-9-19(18)28-10-3-4-11-28/h5-9,12-14H,3-4,10-11H2,1-2H3,(H2,26,27,29,31). The van der Waals surface area contributed by atoms with Crippen molar-refractivity contribution in [1.82, 2.24) is 5.32 Å². The molecule has 166 valence electrons. The molecule has 31 heavy (non-hydrogen) atoms. The van der Waals surface area contributed by atoms with E-state index in [1.807, 2.05) is 18.7 Å². The van der Waals surface area contributed by atoms with Crippen LogP contribution < -0.4 is 20.3 Å². The fourth-order valence-electron chi connectivity index (χ4n) is 3.36. The smallest absolute Gasteiger partial charge is 0.416 e. The molecule has 0 spiro atoms. The van der Waals surface area contributed by atoms with Crippen LogP contribution in [0.5, 0.6) is 5.75 Å². The number of amides is 1. The number of ether oxygens (including phenoxy) is 1. The van der Waals surface area contributed by atoms with E-state index >= 15 is 0 Å². The molecular formula is C22H24F3N3O2S. The van der Waals surface area contributed by atoms with Gasteiger partial charge in [-0.15, -0.1) is 0 Å². The van der Waals surface area contributed by atoms with Gasteiger partial charge >= 0.3 is 6.18 Å². The Hall–Kier alpha value is -2.81. The van der Waals surface area contributed by atoms with Crippen molar-refractivity contribution in [2.45, 2.75) is 39.0 Å². The maximum absolute atomic E-state index is 13.2. The number of rotatable bonds is 5. The summed E-state index contributed by atoms with van der Waals surface area (Å²) >= 11 is 5.21. The highest BCUT2D eigenvalue weighted by Crippen LogP contribution is 2.36. The lowest BCUT2D eigenvalue weighted by atomic mass is 10.1. The summed E-state index contributed by atoms with van der Waals surface area (Å²) in [5.74, 6) is 0.0529. The van der Waals surface area contributed by atoms with Crippen LogP contribution in [0.15, 0.2) is 42.5 Å². The Balaban J connectivity index is 1.76. The molecule has 2 aromatic carbocycles. The summed E-state index contributed by atoms with van der Waals surface area (Å²) in [4.78, 5) is 14.6. The average molecular weight is 452 g/mol. The lowest BCUT2D eigenvalue weighted by Gasteiger charge is -2.23. The minimum Gasteiger partial charge on any atom is -0.491 e. The molecule has 2 aromatic rings. The van der Waals surface area contributed by atoms with E-state index in [2.05, 4.69) is 10.6 Å². The van der Waals surface area contributed by atoms with Crippen molar-refractivity contribution in [2.75, 3.05) is 23.3 Å². The lowest BCUT2D eigenvalue weighted by molar-refractivity contribution is -0.137. The average Bonchev–Trinajstić information content (AvgIpc) is 3.21. The van der Waals surface area contributed by atoms with Crippen LogP contribution in [0.25, 0.3) is 0 Å². The fourth-order valence-corrected chi connectivity index (χ4v) is 3.56. The largest absolute Gasteiger partial charge is 0.491 e. The minimum atomic E-state index is -4.48. The van der Waals surface area contributed by atoms with Gasteiger partial charge in [0.25, 0.3) is 5.91 Å². The van der Waals surface area contributed by atoms with Gasteiger partial charge < -0.3 is 15.0 Å². The van der Waals surface area contributed by atoms with Gasteiger partial charge in [-0.3, -0.25) is 10.1 Å². The number of carbonyl (C=O) groups excluding carboxylic acids is 1. The molecule has 5 nitrogen and oxygen atoms in total. The van der Waals surface area contributed by atoms with Crippen molar-refractivity contribution in [3.05, 3.63) is 53.6 Å². The van der Waals surface area contributed by atoms with Gasteiger partial charge in [-0.25, -0.2) is 0 Å². The molecule has 1 fully saturated rings. The number of nitrogens with one attached hydrogen (secondary N) is 2. The topological polar surface area (TPSA) is 53.6 Å². The van der Waals surface area contributed by atoms with E-state index in [0.717, 1.165) is 38.1 Å². The number of anilines is 2.